The summed E-state index contributed by atoms with van der Waals surface area (Å²) < 4.78 is 0. The maximum atomic E-state index is 4.75. The fourth-order valence-electron chi connectivity index (χ4n) is 2.92. The number of imidazole rings is 2. The van der Waals surface area contributed by atoms with Gasteiger partial charge in [0.15, 0.2) is 11.6 Å². The maximum Gasteiger partial charge on any atom is 0.156 e. The van der Waals surface area contributed by atoms with Crippen molar-refractivity contribution in [3.05, 3.63) is 47.6 Å². The number of nitrogens with zero attached hydrogens (tertiary/aromatic N) is 3. The minimum atomic E-state index is 0.779. The summed E-state index contributed by atoms with van der Waals surface area (Å²) in [5.41, 5.74) is 5.86. The molecular formula is C26H43N5. The van der Waals surface area contributed by atoms with Gasteiger partial charge in [0.05, 0.1) is 11.4 Å². The minimum Gasteiger partial charge on any atom is -0.341 e. The quantitative estimate of drug-likeness (QED) is 0.405. The smallest absolute Gasteiger partial charge is 0.156 e. The van der Waals surface area contributed by atoms with Crippen molar-refractivity contribution in [2.75, 3.05) is 0 Å². The van der Waals surface area contributed by atoms with Crippen molar-refractivity contribution in [2.45, 2.75) is 88.0 Å². The van der Waals surface area contributed by atoms with Gasteiger partial charge in [0.2, 0.25) is 0 Å². The number of aromatic nitrogens is 5. The van der Waals surface area contributed by atoms with E-state index in [4.69, 9.17) is 4.98 Å². The highest BCUT2D eigenvalue weighted by Crippen LogP contribution is 2.22. The van der Waals surface area contributed by atoms with Crippen LogP contribution in [0.2, 0.25) is 0 Å². The normalized spacial score (nSPS) is 9.45. The highest BCUT2D eigenvalue weighted by Gasteiger charge is 2.13. The first-order valence-corrected chi connectivity index (χ1v) is 11.9. The zero-order chi connectivity index (χ0) is 23.8. The third-order valence-corrected chi connectivity index (χ3v) is 4.34. The summed E-state index contributed by atoms with van der Waals surface area (Å²) >= 11 is 0. The molecule has 31 heavy (non-hydrogen) atoms. The van der Waals surface area contributed by atoms with E-state index in [1.807, 2.05) is 66.7 Å². The number of H-pyrrole nitrogens is 2. The summed E-state index contributed by atoms with van der Waals surface area (Å²) in [5.74, 6) is 1.58. The Morgan fingerprint density at radius 3 is 1.94 bits per heavy atom. The summed E-state index contributed by atoms with van der Waals surface area (Å²) in [6.45, 7) is 22.2. The minimum absolute atomic E-state index is 0.779. The first-order valence-electron chi connectivity index (χ1n) is 11.9. The Balaban J connectivity index is 0.00000138. The van der Waals surface area contributed by atoms with Gasteiger partial charge in [-0.15, -0.1) is 0 Å². The molecule has 0 unspecified atom stereocenters. The van der Waals surface area contributed by atoms with Crippen LogP contribution >= 0.6 is 0 Å². The lowest BCUT2D eigenvalue weighted by Gasteiger charge is -2.00. The van der Waals surface area contributed by atoms with E-state index in [0.29, 0.717) is 0 Å². The van der Waals surface area contributed by atoms with Crippen LogP contribution in [0.4, 0.5) is 0 Å². The van der Waals surface area contributed by atoms with E-state index in [-0.39, 0.29) is 0 Å². The van der Waals surface area contributed by atoms with Crippen molar-refractivity contribution in [3.63, 3.8) is 0 Å². The number of hydrogen-bond donors (Lipinski definition) is 2. The maximum absolute atomic E-state index is 4.75. The predicted octanol–water partition coefficient (Wildman–Crippen LogP) is 7.80. The number of aromatic amines is 2. The van der Waals surface area contributed by atoms with Crippen LogP contribution in [0.25, 0.3) is 29.1 Å². The molecule has 0 aliphatic carbocycles. The van der Waals surface area contributed by atoms with Crippen LogP contribution < -0.4 is 0 Å². The molecule has 0 aromatic carbocycles. The van der Waals surface area contributed by atoms with Gasteiger partial charge in [0, 0.05) is 11.4 Å². The molecule has 0 amide bonds. The lowest BCUT2D eigenvalue weighted by Crippen LogP contribution is -1.91. The number of hydrogen-bond acceptors (Lipinski definition) is 3. The molecule has 3 heterocycles. The first kappa shape index (κ1) is 28.3. The van der Waals surface area contributed by atoms with Crippen LogP contribution in [0, 0.1) is 6.92 Å². The molecule has 3 aromatic heterocycles. The molecule has 0 spiro atoms. The first-order chi connectivity index (χ1) is 15.2. The molecule has 0 atom stereocenters. The van der Waals surface area contributed by atoms with Gasteiger partial charge in [-0.3, -0.25) is 0 Å². The number of unbranched alkanes of at least 4 members (excludes halogenated alkanes) is 1. The van der Waals surface area contributed by atoms with Crippen LogP contribution in [-0.4, -0.2) is 24.9 Å². The van der Waals surface area contributed by atoms with Gasteiger partial charge in [-0.1, -0.05) is 74.5 Å². The molecule has 5 nitrogen and oxygen atoms in total. The second kappa shape index (κ2) is 16.1. The molecule has 0 aliphatic rings. The molecule has 0 saturated heterocycles. The second-order valence-corrected chi connectivity index (χ2v) is 6.18. The van der Waals surface area contributed by atoms with Crippen molar-refractivity contribution in [2.24, 2.45) is 0 Å². The van der Waals surface area contributed by atoms with Crippen molar-refractivity contribution in [1.29, 1.82) is 0 Å². The van der Waals surface area contributed by atoms with E-state index in [9.17, 15) is 0 Å². The van der Waals surface area contributed by atoms with Gasteiger partial charge < -0.3 is 9.97 Å². The fourth-order valence-corrected chi connectivity index (χ4v) is 2.92. The Labute approximate surface area is 189 Å². The monoisotopic (exact) mass is 425 g/mol. The number of pyridine rings is 1. The summed E-state index contributed by atoms with van der Waals surface area (Å²) in [7, 11) is 0. The summed E-state index contributed by atoms with van der Waals surface area (Å²) in [5, 5.41) is 0. The van der Waals surface area contributed by atoms with E-state index >= 15 is 0 Å². The number of aryl methyl sites for hydroxylation is 3. The number of rotatable bonds is 7. The molecule has 3 aromatic rings. The molecule has 2 N–H and O–H groups in total. The van der Waals surface area contributed by atoms with Crippen molar-refractivity contribution < 1.29 is 0 Å². The average molecular weight is 426 g/mol. The third kappa shape index (κ3) is 7.82. The second-order valence-electron chi connectivity index (χ2n) is 6.18. The summed E-state index contributed by atoms with van der Waals surface area (Å²) in [4.78, 5) is 20.8. The van der Waals surface area contributed by atoms with Crippen LogP contribution in [0.5, 0.6) is 0 Å². The van der Waals surface area contributed by atoms with Crippen molar-refractivity contribution in [3.8, 4) is 23.0 Å². The van der Waals surface area contributed by atoms with Gasteiger partial charge in [-0.2, -0.15) is 0 Å². The Bertz CT molecular complexity index is 874. The lowest BCUT2D eigenvalue weighted by atomic mass is 10.2. The van der Waals surface area contributed by atoms with Crippen LogP contribution in [0.15, 0.2) is 24.8 Å². The van der Waals surface area contributed by atoms with Gasteiger partial charge in [0.25, 0.3) is 0 Å². The van der Waals surface area contributed by atoms with Crippen LogP contribution in [0.1, 0.15) is 91.0 Å². The van der Waals surface area contributed by atoms with Gasteiger partial charge in [-0.25, -0.2) is 15.0 Å². The van der Waals surface area contributed by atoms with Crippen LogP contribution in [-0.2, 0) is 12.8 Å². The Hall–Kier alpha value is -2.69. The van der Waals surface area contributed by atoms with Gasteiger partial charge in [-0.05, 0) is 44.4 Å². The number of nitrogens with one attached hydrogen (secondary N) is 2. The molecule has 0 fully saturated rings. The highest BCUT2D eigenvalue weighted by atomic mass is 15.0. The molecule has 0 saturated carbocycles. The Morgan fingerprint density at radius 2 is 1.45 bits per heavy atom. The van der Waals surface area contributed by atoms with E-state index in [0.717, 1.165) is 71.5 Å². The largest absolute Gasteiger partial charge is 0.341 e. The molecule has 5 heteroatoms. The zero-order valence-corrected chi connectivity index (χ0v) is 21.2. The van der Waals surface area contributed by atoms with Crippen LogP contribution in [0.3, 0.4) is 0 Å². The SMILES string of the molecule is C=Cc1nc(-c2cccc(-c3nc(CC)c(C)[nH]3)n2)[nH]c1CCCC.CC.CC.CC. The lowest BCUT2D eigenvalue weighted by molar-refractivity contribution is 0.780. The van der Waals surface area contributed by atoms with E-state index in [1.165, 1.54) is 0 Å². The van der Waals surface area contributed by atoms with Gasteiger partial charge >= 0.3 is 0 Å². The Kier molecular flexibility index (Phi) is 14.7. The zero-order valence-electron chi connectivity index (χ0n) is 21.2. The topological polar surface area (TPSA) is 70.2 Å². The van der Waals surface area contributed by atoms with Crippen molar-refractivity contribution in [1.82, 2.24) is 24.9 Å². The average Bonchev–Trinajstić information content (AvgIpc) is 3.44. The Morgan fingerprint density at radius 1 is 0.871 bits per heavy atom. The molecular weight excluding hydrogens is 382 g/mol. The molecule has 172 valence electrons. The molecule has 0 bridgehead atoms. The molecule has 0 aliphatic heterocycles. The predicted molar refractivity (Wildman–Crippen MR) is 136 cm³/mol. The van der Waals surface area contributed by atoms with E-state index < -0.39 is 0 Å². The van der Waals surface area contributed by atoms with Crippen molar-refractivity contribution >= 4 is 6.08 Å². The fraction of sp³-hybridized carbons (Fsp3) is 0.500. The van der Waals surface area contributed by atoms with E-state index in [1.54, 1.807) is 6.08 Å². The standard InChI is InChI=1S/C20H25N5.3C2H6/c1-5-8-10-16-15(7-3)24-20(25-16)18-12-9-11-17(22-18)19-21-13(4)14(6-2)23-19;3*1-2/h7,9,11-12H,3,5-6,8,10H2,1-2,4H3,(H,21,23)(H,24,25);3*1-2H3. The van der Waals surface area contributed by atoms with Gasteiger partial charge in [0.1, 0.15) is 11.4 Å². The third-order valence-electron chi connectivity index (χ3n) is 4.34. The summed E-state index contributed by atoms with van der Waals surface area (Å²) in [6.07, 6.45) is 5.96. The highest BCUT2D eigenvalue weighted by molar-refractivity contribution is 5.60. The molecule has 3 rings (SSSR count). The summed E-state index contributed by atoms with van der Waals surface area (Å²) in [6, 6.07) is 5.93. The molecule has 0 radical (unpaired) electrons. The van der Waals surface area contributed by atoms with E-state index in [2.05, 4.69) is 40.4 Å².